The number of thioether (sulfide) groups is 1. The molecule has 0 spiro atoms. The van der Waals surface area contributed by atoms with E-state index in [1.54, 1.807) is 23.1 Å². The Hall–Kier alpha value is -3.62. The van der Waals surface area contributed by atoms with Crippen LogP contribution < -0.4 is 19.7 Å². The average molecular weight is 533 g/mol. The van der Waals surface area contributed by atoms with E-state index in [0.717, 1.165) is 23.2 Å². The van der Waals surface area contributed by atoms with Gasteiger partial charge in [-0.2, -0.15) is 0 Å². The summed E-state index contributed by atoms with van der Waals surface area (Å²) in [6.45, 7) is 6.19. The van der Waals surface area contributed by atoms with Gasteiger partial charge < -0.3 is 14.8 Å². The molecule has 0 unspecified atom stereocenters. The van der Waals surface area contributed by atoms with Crippen LogP contribution in [0.4, 0.5) is 11.4 Å². The van der Waals surface area contributed by atoms with Crippen LogP contribution in [-0.2, 0) is 16.0 Å². The van der Waals surface area contributed by atoms with Crippen molar-refractivity contribution in [3.8, 4) is 11.5 Å². The molecule has 3 aromatic carbocycles. The van der Waals surface area contributed by atoms with Gasteiger partial charge in [-0.15, -0.1) is 0 Å². The maximum absolute atomic E-state index is 13.1. The van der Waals surface area contributed by atoms with Gasteiger partial charge in [-0.05, 0) is 79.4 Å². The lowest BCUT2D eigenvalue weighted by Crippen LogP contribution is -2.27. The number of carbonyl (C=O) groups excluding carboxylic acids is 2. The molecule has 4 rings (SSSR count). The molecule has 0 radical (unpaired) electrons. The number of anilines is 2. The Labute approximate surface area is 226 Å². The van der Waals surface area contributed by atoms with Crippen molar-refractivity contribution in [1.29, 1.82) is 0 Å². The number of aryl methyl sites for hydroxylation is 2. The van der Waals surface area contributed by atoms with Crippen LogP contribution in [0.1, 0.15) is 30.5 Å². The van der Waals surface area contributed by atoms with E-state index >= 15 is 0 Å². The lowest BCUT2D eigenvalue weighted by molar-refractivity contribution is -0.118. The lowest BCUT2D eigenvalue weighted by Gasteiger charge is -2.15. The second-order valence-electron chi connectivity index (χ2n) is 8.38. The van der Waals surface area contributed by atoms with E-state index in [1.807, 2.05) is 68.4 Å². The first kappa shape index (κ1) is 26.4. The number of benzene rings is 3. The fourth-order valence-corrected chi connectivity index (χ4v) is 5.07. The van der Waals surface area contributed by atoms with Crippen LogP contribution in [0, 0.1) is 6.92 Å². The quantitative estimate of drug-likeness (QED) is 0.255. The first-order chi connectivity index (χ1) is 17.9. The highest BCUT2D eigenvalue weighted by molar-refractivity contribution is 8.27. The topological polar surface area (TPSA) is 67.9 Å². The summed E-state index contributed by atoms with van der Waals surface area (Å²) in [5, 5.41) is 2.83. The molecule has 0 aliphatic carbocycles. The smallest absolute Gasteiger partial charge is 0.270 e. The van der Waals surface area contributed by atoms with Crippen LogP contribution in [0.3, 0.4) is 0 Å². The monoisotopic (exact) mass is 532 g/mol. The number of thiocarbonyl (C=S) groups is 1. The van der Waals surface area contributed by atoms with Crippen LogP contribution in [0.25, 0.3) is 6.08 Å². The van der Waals surface area contributed by atoms with Crippen molar-refractivity contribution in [3.05, 3.63) is 88.3 Å². The molecule has 1 saturated heterocycles. The van der Waals surface area contributed by atoms with Crippen LogP contribution in [0.15, 0.2) is 71.6 Å². The maximum Gasteiger partial charge on any atom is 0.270 e. The Morgan fingerprint density at radius 2 is 1.81 bits per heavy atom. The zero-order valence-corrected chi connectivity index (χ0v) is 22.6. The number of carbonyl (C=O) groups is 2. The van der Waals surface area contributed by atoms with E-state index in [4.69, 9.17) is 21.7 Å². The molecule has 1 aliphatic heterocycles. The van der Waals surface area contributed by atoms with Gasteiger partial charge in [-0.3, -0.25) is 14.5 Å². The van der Waals surface area contributed by atoms with Gasteiger partial charge in [0.1, 0.15) is 0 Å². The number of nitrogens with zero attached hydrogens (tertiary/aromatic N) is 1. The number of rotatable bonds is 9. The molecule has 2 amide bonds. The molecule has 6 nitrogen and oxygen atoms in total. The molecule has 37 heavy (non-hydrogen) atoms. The van der Waals surface area contributed by atoms with Gasteiger partial charge in [0.05, 0.1) is 17.2 Å². The molecule has 8 heteroatoms. The van der Waals surface area contributed by atoms with Gasteiger partial charge in [0.2, 0.25) is 0 Å². The zero-order valence-electron chi connectivity index (χ0n) is 20.9. The summed E-state index contributed by atoms with van der Waals surface area (Å²) in [7, 11) is 0. The van der Waals surface area contributed by atoms with Crippen LogP contribution >= 0.6 is 24.0 Å². The van der Waals surface area contributed by atoms with Gasteiger partial charge >= 0.3 is 0 Å². The summed E-state index contributed by atoms with van der Waals surface area (Å²) < 4.78 is 12.0. The number of ether oxygens (including phenoxy) is 2. The third-order valence-electron chi connectivity index (χ3n) is 5.62. The second kappa shape index (κ2) is 12.1. The Morgan fingerprint density at radius 3 is 2.51 bits per heavy atom. The summed E-state index contributed by atoms with van der Waals surface area (Å²) in [5.74, 6) is 0.506. The van der Waals surface area contributed by atoms with Crippen molar-refractivity contribution in [2.45, 2.75) is 27.2 Å². The summed E-state index contributed by atoms with van der Waals surface area (Å²) in [4.78, 5) is 27.6. The molecule has 1 heterocycles. The highest BCUT2D eigenvalue weighted by Gasteiger charge is 2.33. The van der Waals surface area contributed by atoms with Crippen molar-refractivity contribution >= 4 is 57.6 Å². The number of amides is 2. The molecule has 1 aliphatic rings. The predicted octanol–water partition coefficient (Wildman–Crippen LogP) is 6.38. The van der Waals surface area contributed by atoms with E-state index in [0.29, 0.717) is 33.0 Å². The van der Waals surface area contributed by atoms with Crippen molar-refractivity contribution in [3.63, 3.8) is 0 Å². The molecule has 0 aromatic heterocycles. The largest absolute Gasteiger partial charge is 0.490 e. The number of nitrogens with one attached hydrogen (secondary N) is 1. The normalized spacial score (nSPS) is 14.2. The van der Waals surface area contributed by atoms with Crippen LogP contribution in [0.2, 0.25) is 0 Å². The summed E-state index contributed by atoms with van der Waals surface area (Å²) in [6, 6.07) is 20.7. The van der Waals surface area contributed by atoms with E-state index in [1.165, 1.54) is 17.3 Å². The van der Waals surface area contributed by atoms with E-state index in [2.05, 4.69) is 12.2 Å². The van der Waals surface area contributed by atoms with E-state index < -0.39 is 0 Å². The number of hydrogen-bond donors (Lipinski definition) is 1. The highest BCUT2D eigenvalue weighted by Crippen LogP contribution is 2.37. The van der Waals surface area contributed by atoms with Crippen molar-refractivity contribution in [2.75, 3.05) is 23.4 Å². The summed E-state index contributed by atoms with van der Waals surface area (Å²) in [5.41, 5.74) is 4.49. The standard InChI is InChI=1S/C29H28N2O4S2/c1-4-20-9-12-22(13-10-20)30-27(32)18-35-24-14-11-21(16-25(24)34-5-2)17-26-28(33)31(29(36)37-26)23-8-6-7-19(3)15-23/h6-17H,4-5,18H2,1-3H3,(H,30,32)/b26-17-. The average Bonchev–Trinajstić information content (AvgIpc) is 3.16. The number of hydrogen-bond acceptors (Lipinski definition) is 6. The molecule has 0 bridgehead atoms. The molecular weight excluding hydrogens is 504 g/mol. The lowest BCUT2D eigenvalue weighted by atomic mass is 10.1. The fourth-order valence-electron chi connectivity index (χ4n) is 3.77. The summed E-state index contributed by atoms with van der Waals surface area (Å²) >= 11 is 6.75. The van der Waals surface area contributed by atoms with E-state index in [9.17, 15) is 9.59 Å². The predicted molar refractivity (Wildman–Crippen MR) is 154 cm³/mol. The molecule has 0 atom stereocenters. The SMILES string of the molecule is CCOc1cc(/C=C2\SC(=S)N(c3cccc(C)c3)C2=O)ccc1OCC(=O)Nc1ccc(CC)cc1. The fraction of sp³-hybridized carbons (Fsp3) is 0.207. The Kier molecular flexibility index (Phi) is 8.63. The van der Waals surface area contributed by atoms with Crippen molar-refractivity contribution < 1.29 is 19.1 Å². The minimum Gasteiger partial charge on any atom is -0.490 e. The van der Waals surface area contributed by atoms with Gasteiger partial charge in [0.25, 0.3) is 11.8 Å². The van der Waals surface area contributed by atoms with Crippen LogP contribution in [0.5, 0.6) is 11.5 Å². The molecule has 190 valence electrons. The van der Waals surface area contributed by atoms with Crippen LogP contribution in [-0.4, -0.2) is 29.3 Å². The Bertz CT molecular complexity index is 1350. The van der Waals surface area contributed by atoms with Crippen molar-refractivity contribution in [1.82, 2.24) is 0 Å². The molecule has 3 aromatic rings. The Morgan fingerprint density at radius 1 is 1.03 bits per heavy atom. The third kappa shape index (κ3) is 6.58. The van der Waals surface area contributed by atoms with Crippen molar-refractivity contribution in [2.24, 2.45) is 0 Å². The second-order valence-corrected chi connectivity index (χ2v) is 10.1. The first-order valence-electron chi connectivity index (χ1n) is 12.0. The third-order valence-corrected chi connectivity index (χ3v) is 6.93. The van der Waals surface area contributed by atoms with Gasteiger partial charge in [0.15, 0.2) is 22.4 Å². The molecule has 1 fully saturated rings. The highest BCUT2D eigenvalue weighted by atomic mass is 32.2. The maximum atomic E-state index is 13.1. The molecular formula is C29H28N2O4S2. The Balaban J connectivity index is 1.46. The minimum atomic E-state index is -0.268. The van der Waals surface area contributed by atoms with Gasteiger partial charge in [-0.25, -0.2) is 0 Å². The minimum absolute atomic E-state index is 0.163. The molecule has 1 N–H and O–H groups in total. The van der Waals surface area contributed by atoms with Gasteiger partial charge in [-0.1, -0.05) is 61.2 Å². The molecule has 0 saturated carbocycles. The van der Waals surface area contributed by atoms with Gasteiger partial charge in [0, 0.05) is 5.69 Å². The summed E-state index contributed by atoms with van der Waals surface area (Å²) in [6.07, 6.45) is 2.72. The van der Waals surface area contributed by atoms with E-state index in [-0.39, 0.29) is 18.4 Å². The zero-order chi connectivity index (χ0) is 26.4. The first-order valence-corrected chi connectivity index (χ1v) is 13.2.